The predicted molar refractivity (Wildman–Crippen MR) is 76.0 cm³/mol. The van der Waals surface area contributed by atoms with Crippen LogP contribution < -0.4 is 14.4 Å². The first-order valence-electron chi connectivity index (χ1n) is 6.21. The zero-order valence-corrected chi connectivity index (χ0v) is 11.3. The Hall–Kier alpha value is -1.81. The van der Waals surface area contributed by atoms with Crippen LogP contribution in [0, 0.1) is 0 Å². The molecule has 4 heteroatoms. The number of rotatable bonds is 0. The molecule has 1 spiro atoms. The monoisotopic (exact) mass is 271 g/mol. The smallest absolute Gasteiger partial charge is 0.270 e. The summed E-state index contributed by atoms with van der Waals surface area (Å²) in [4.78, 5) is 3.39. The standard InChI is InChI=1S/C15H13NO2S/c1-16-11-6-2-5-9-14(11)19-15(16)10-17-12-7-3-4-8-13(12)18-15/h2-9H,10H2,1H3/t15-/m1/s1. The second-order valence-electron chi connectivity index (χ2n) is 4.68. The average Bonchev–Trinajstić information content (AvgIpc) is 2.72. The third-order valence-corrected chi connectivity index (χ3v) is 4.89. The number of likely N-dealkylation sites (N-methyl/N-ethyl adjacent to an activating group) is 1. The summed E-state index contributed by atoms with van der Waals surface area (Å²) in [6.07, 6.45) is 0. The zero-order valence-electron chi connectivity index (χ0n) is 10.5. The van der Waals surface area contributed by atoms with Gasteiger partial charge in [-0.15, -0.1) is 0 Å². The summed E-state index contributed by atoms with van der Waals surface area (Å²) in [5.41, 5.74) is 1.19. The highest BCUT2D eigenvalue weighted by molar-refractivity contribution is 8.01. The number of hydrogen-bond acceptors (Lipinski definition) is 4. The van der Waals surface area contributed by atoms with Crippen molar-refractivity contribution in [3.63, 3.8) is 0 Å². The third kappa shape index (κ3) is 1.53. The van der Waals surface area contributed by atoms with Crippen molar-refractivity contribution in [2.45, 2.75) is 9.95 Å². The summed E-state index contributed by atoms with van der Waals surface area (Å²) in [6, 6.07) is 16.1. The van der Waals surface area contributed by atoms with Crippen molar-refractivity contribution in [1.82, 2.24) is 0 Å². The van der Waals surface area contributed by atoms with Gasteiger partial charge in [0.25, 0.3) is 5.06 Å². The second kappa shape index (κ2) is 3.84. The normalized spacial score (nSPS) is 23.5. The molecule has 0 saturated carbocycles. The van der Waals surface area contributed by atoms with Crippen LogP contribution in [0.1, 0.15) is 0 Å². The molecular weight excluding hydrogens is 258 g/mol. The van der Waals surface area contributed by atoms with E-state index in [1.807, 2.05) is 30.3 Å². The molecule has 0 radical (unpaired) electrons. The molecule has 0 aromatic heterocycles. The molecule has 0 aliphatic carbocycles. The van der Waals surface area contributed by atoms with Crippen LogP contribution in [0.4, 0.5) is 5.69 Å². The van der Waals surface area contributed by atoms with E-state index in [1.165, 1.54) is 10.6 Å². The minimum Gasteiger partial charge on any atom is -0.482 e. The largest absolute Gasteiger partial charge is 0.482 e. The Labute approximate surface area is 116 Å². The van der Waals surface area contributed by atoms with Crippen LogP contribution in [0.2, 0.25) is 0 Å². The maximum atomic E-state index is 6.24. The minimum atomic E-state index is -0.488. The van der Waals surface area contributed by atoms with Crippen LogP contribution in [-0.2, 0) is 0 Å². The fraction of sp³-hybridized carbons (Fsp3) is 0.200. The molecular formula is C15H13NO2S. The second-order valence-corrected chi connectivity index (χ2v) is 5.96. The van der Waals surface area contributed by atoms with Gasteiger partial charge in [-0.25, -0.2) is 0 Å². The van der Waals surface area contributed by atoms with Crippen LogP contribution in [0.5, 0.6) is 11.5 Å². The first kappa shape index (κ1) is 11.1. The number of ether oxygens (including phenoxy) is 2. The van der Waals surface area contributed by atoms with Gasteiger partial charge >= 0.3 is 0 Å². The van der Waals surface area contributed by atoms with E-state index < -0.39 is 5.06 Å². The molecule has 2 aromatic carbocycles. The van der Waals surface area contributed by atoms with E-state index in [0.29, 0.717) is 6.61 Å². The van der Waals surface area contributed by atoms with Gasteiger partial charge in [-0.3, -0.25) is 0 Å². The van der Waals surface area contributed by atoms with Crippen molar-refractivity contribution in [1.29, 1.82) is 0 Å². The molecule has 4 rings (SSSR count). The van der Waals surface area contributed by atoms with E-state index >= 15 is 0 Å². The van der Waals surface area contributed by atoms with E-state index in [9.17, 15) is 0 Å². The number of para-hydroxylation sites is 3. The van der Waals surface area contributed by atoms with E-state index in [0.717, 1.165) is 11.5 Å². The lowest BCUT2D eigenvalue weighted by Gasteiger charge is -2.39. The Kier molecular flexibility index (Phi) is 2.23. The first-order valence-corrected chi connectivity index (χ1v) is 7.03. The molecule has 19 heavy (non-hydrogen) atoms. The fourth-order valence-corrected chi connectivity index (χ4v) is 3.77. The third-order valence-electron chi connectivity index (χ3n) is 3.54. The molecule has 1 atom stereocenters. The van der Waals surface area contributed by atoms with Crippen molar-refractivity contribution in [3.8, 4) is 11.5 Å². The topological polar surface area (TPSA) is 21.7 Å². The molecule has 0 bridgehead atoms. The molecule has 2 heterocycles. The van der Waals surface area contributed by atoms with Crippen molar-refractivity contribution in [3.05, 3.63) is 48.5 Å². The van der Waals surface area contributed by atoms with Gasteiger partial charge in [-0.2, -0.15) is 0 Å². The molecule has 0 unspecified atom stereocenters. The Morgan fingerprint density at radius 2 is 1.79 bits per heavy atom. The molecule has 2 aromatic rings. The highest BCUT2D eigenvalue weighted by atomic mass is 32.2. The summed E-state index contributed by atoms with van der Waals surface area (Å²) in [5.74, 6) is 1.62. The minimum absolute atomic E-state index is 0.488. The summed E-state index contributed by atoms with van der Waals surface area (Å²) in [6.45, 7) is 0.514. The van der Waals surface area contributed by atoms with Crippen LogP contribution in [0.15, 0.2) is 53.4 Å². The summed E-state index contributed by atoms with van der Waals surface area (Å²) >= 11 is 1.71. The van der Waals surface area contributed by atoms with E-state index in [2.05, 4.69) is 30.1 Å². The van der Waals surface area contributed by atoms with E-state index in [-0.39, 0.29) is 0 Å². The quantitative estimate of drug-likeness (QED) is 0.732. The lowest BCUT2D eigenvalue weighted by Crippen LogP contribution is -2.52. The maximum absolute atomic E-state index is 6.24. The Morgan fingerprint density at radius 3 is 2.63 bits per heavy atom. The van der Waals surface area contributed by atoms with Gasteiger partial charge in [0.2, 0.25) is 0 Å². The van der Waals surface area contributed by atoms with Crippen molar-refractivity contribution >= 4 is 17.4 Å². The lowest BCUT2D eigenvalue weighted by atomic mass is 10.2. The van der Waals surface area contributed by atoms with Crippen LogP contribution >= 0.6 is 11.8 Å². The maximum Gasteiger partial charge on any atom is 0.270 e. The number of nitrogens with zero attached hydrogens (tertiary/aromatic N) is 1. The SMILES string of the molecule is CN1c2ccccc2S[C@]12COc1ccccc1O2. The highest BCUT2D eigenvalue weighted by Gasteiger charge is 2.48. The summed E-state index contributed by atoms with van der Waals surface area (Å²) in [5, 5.41) is -0.488. The number of fused-ring (bicyclic) bond motifs is 2. The molecule has 0 saturated heterocycles. The summed E-state index contributed by atoms with van der Waals surface area (Å²) in [7, 11) is 2.05. The molecule has 0 fully saturated rings. The molecule has 0 amide bonds. The molecule has 0 N–H and O–H groups in total. The Bertz CT molecular complexity index is 646. The van der Waals surface area contributed by atoms with Crippen LogP contribution in [-0.4, -0.2) is 18.7 Å². The van der Waals surface area contributed by atoms with Gasteiger partial charge in [0.1, 0.15) is 0 Å². The number of anilines is 1. The molecule has 3 nitrogen and oxygen atoms in total. The van der Waals surface area contributed by atoms with Crippen molar-refractivity contribution in [2.75, 3.05) is 18.6 Å². The molecule has 96 valence electrons. The molecule has 2 aliphatic heterocycles. The number of thioether (sulfide) groups is 1. The highest BCUT2D eigenvalue weighted by Crippen LogP contribution is 2.52. The van der Waals surface area contributed by atoms with Gasteiger partial charge in [0.05, 0.1) is 5.69 Å². The van der Waals surface area contributed by atoms with Gasteiger partial charge < -0.3 is 14.4 Å². The van der Waals surface area contributed by atoms with Crippen LogP contribution in [0.3, 0.4) is 0 Å². The van der Waals surface area contributed by atoms with Gasteiger partial charge in [0.15, 0.2) is 18.1 Å². The van der Waals surface area contributed by atoms with Crippen molar-refractivity contribution in [2.24, 2.45) is 0 Å². The van der Waals surface area contributed by atoms with Gasteiger partial charge in [-0.1, -0.05) is 36.0 Å². The van der Waals surface area contributed by atoms with Gasteiger partial charge in [0, 0.05) is 11.9 Å². The zero-order chi connectivity index (χ0) is 12.9. The number of benzene rings is 2. The van der Waals surface area contributed by atoms with E-state index in [4.69, 9.17) is 9.47 Å². The fourth-order valence-electron chi connectivity index (χ4n) is 2.48. The van der Waals surface area contributed by atoms with Crippen molar-refractivity contribution < 1.29 is 9.47 Å². The molecule has 2 aliphatic rings. The van der Waals surface area contributed by atoms with Crippen LogP contribution in [0.25, 0.3) is 0 Å². The van der Waals surface area contributed by atoms with E-state index in [1.54, 1.807) is 11.8 Å². The number of hydrogen-bond donors (Lipinski definition) is 0. The first-order chi connectivity index (χ1) is 9.28. The predicted octanol–water partition coefficient (Wildman–Crippen LogP) is 3.35. The average molecular weight is 271 g/mol. The Morgan fingerprint density at radius 1 is 1.05 bits per heavy atom. The Balaban J connectivity index is 1.75. The lowest BCUT2D eigenvalue weighted by molar-refractivity contribution is 0.0669. The van der Waals surface area contributed by atoms with Gasteiger partial charge in [-0.05, 0) is 24.3 Å². The summed E-state index contributed by atoms with van der Waals surface area (Å²) < 4.78 is 12.1.